The predicted molar refractivity (Wildman–Crippen MR) is 129 cm³/mol. The first-order chi connectivity index (χ1) is 16.6. The number of thiocarbonyl (C=S) groups is 1. The van der Waals surface area contributed by atoms with Crippen LogP contribution in [0.5, 0.6) is 11.9 Å². The number of nitrogens with one attached hydrogen (secondary N) is 3. The summed E-state index contributed by atoms with van der Waals surface area (Å²) in [6.07, 6.45) is 0. The highest BCUT2D eigenvalue weighted by Gasteiger charge is 2.17. The Morgan fingerprint density at radius 2 is 1.69 bits per heavy atom. The second-order valence-corrected chi connectivity index (χ2v) is 8.72. The minimum Gasteiger partial charge on any atom is -0.481 e. The standard InChI is InChI=1S/C20H18N6O7S2/c1-32-17-11-16(22-19(23-17)33-2)25-35(30,31)15-9-5-13(6-10-15)21-20(34)24-18(27)12-3-7-14(8-4-12)26(28)29/h3-11H,1-2H3,(H,22,23,25)(H2,21,24,27,34). The number of methoxy groups -OCH3 is 2. The van der Waals surface area contributed by atoms with E-state index in [9.17, 15) is 23.3 Å². The van der Waals surface area contributed by atoms with Gasteiger partial charge < -0.3 is 14.8 Å². The summed E-state index contributed by atoms with van der Waals surface area (Å²) in [6.45, 7) is 0. The van der Waals surface area contributed by atoms with Crippen molar-refractivity contribution in [3.05, 3.63) is 70.3 Å². The summed E-state index contributed by atoms with van der Waals surface area (Å²) in [4.78, 5) is 30.1. The Hall–Kier alpha value is -4.37. The first-order valence-corrected chi connectivity index (χ1v) is 11.5. The monoisotopic (exact) mass is 518 g/mol. The number of anilines is 2. The lowest BCUT2D eigenvalue weighted by Crippen LogP contribution is -2.34. The number of nitro benzene ring substituents is 1. The minimum absolute atomic E-state index is 0.0500. The van der Waals surface area contributed by atoms with E-state index in [1.165, 1.54) is 68.8 Å². The van der Waals surface area contributed by atoms with Crippen molar-refractivity contribution in [3.8, 4) is 11.9 Å². The molecule has 13 nitrogen and oxygen atoms in total. The lowest BCUT2D eigenvalue weighted by atomic mass is 10.2. The van der Waals surface area contributed by atoms with Crippen LogP contribution in [0.2, 0.25) is 0 Å². The summed E-state index contributed by atoms with van der Waals surface area (Å²) in [5, 5.41) is 15.8. The van der Waals surface area contributed by atoms with Gasteiger partial charge in [0, 0.05) is 29.4 Å². The van der Waals surface area contributed by atoms with E-state index in [1.54, 1.807) is 0 Å². The Kier molecular flexibility index (Phi) is 7.73. The molecule has 0 aliphatic carbocycles. The maximum absolute atomic E-state index is 12.7. The van der Waals surface area contributed by atoms with Crippen molar-refractivity contribution in [1.29, 1.82) is 0 Å². The highest BCUT2D eigenvalue weighted by molar-refractivity contribution is 7.92. The van der Waals surface area contributed by atoms with Gasteiger partial charge >= 0.3 is 6.01 Å². The molecule has 3 aromatic rings. The number of rotatable bonds is 8. The average Bonchev–Trinajstić information content (AvgIpc) is 2.83. The van der Waals surface area contributed by atoms with Gasteiger partial charge in [0.05, 0.1) is 24.0 Å². The van der Waals surface area contributed by atoms with Gasteiger partial charge in [0.15, 0.2) is 10.9 Å². The number of sulfonamides is 1. The van der Waals surface area contributed by atoms with Crippen molar-refractivity contribution < 1.29 is 27.6 Å². The van der Waals surface area contributed by atoms with E-state index >= 15 is 0 Å². The first-order valence-electron chi connectivity index (χ1n) is 9.58. The molecule has 0 fully saturated rings. The number of hydrogen-bond donors (Lipinski definition) is 3. The molecular weight excluding hydrogens is 500 g/mol. The lowest BCUT2D eigenvalue weighted by Gasteiger charge is -2.12. The number of benzene rings is 2. The molecule has 0 saturated heterocycles. The number of nitro groups is 1. The molecule has 0 saturated carbocycles. The predicted octanol–water partition coefficient (Wildman–Crippen LogP) is 2.33. The summed E-state index contributed by atoms with van der Waals surface area (Å²) in [6, 6.07) is 11.7. The summed E-state index contributed by atoms with van der Waals surface area (Å²) in [5.41, 5.74) is 0.429. The van der Waals surface area contributed by atoms with Crippen LogP contribution in [0.4, 0.5) is 17.2 Å². The molecule has 1 heterocycles. The van der Waals surface area contributed by atoms with E-state index in [0.717, 1.165) is 0 Å². The molecule has 0 spiro atoms. The Balaban J connectivity index is 1.64. The minimum atomic E-state index is -4.00. The molecule has 0 aliphatic heterocycles. The summed E-state index contributed by atoms with van der Waals surface area (Å²) < 4.78 is 37.6. The van der Waals surface area contributed by atoms with Gasteiger partial charge in [-0.2, -0.15) is 9.97 Å². The number of aromatic nitrogens is 2. The molecular formula is C20H18N6O7S2. The molecule has 15 heteroatoms. The zero-order valence-electron chi connectivity index (χ0n) is 18.2. The fourth-order valence-electron chi connectivity index (χ4n) is 2.64. The van der Waals surface area contributed by atoms with E-state index in [1.807, 2.05) is 0 Å². The van der Waals surface area contributed by atoms with Crippen molar-refractivity contribution >= 4 is 50.5 Å². The van der Waals surface area contributed by atoms with Gasteiger partial charge in [-0.15, -0.1) is 0 Å². The number of carbonyl (C=O) groups is 1. The van der Waals surface area contributed by atoms with Crippen molar-refractivity contribution in [2.24, 2.45) is 0 Å². The van der Waals surface area contributed by atoms with Crippen LogP contribution in [0, 0.1) is 10.1 Å². The smallest absolute Gasteiger partial charge is 0.321 e. The summed E-state index contributed by atoms with van der Waals surface area (Å²) in [5.74, 6) is -0.513. The quantitative estimate of drug-likeness (QED) is 0.227. The fraction of sp³-hybridized carbons (Fsp3) is 0.100. The third-order valence-corrected chi connectivity index (χ3v) is 5.88. The number of amides is 1. The summed E-state index contributed by atoms with van der Waals surface area (Å²) in [7, 11) is -1.31. The number of nitrogens with zero attached hydrogens (tertiary/aromatic N) is 3. The van der Waals surface area contributed by atoms with Gasteiger partial charge in [-0.3, -0.25) is 24.9 Å². The van der Waals surface area contributed by atoms with Crippen LogP contribution in [0.25, 0.3) is 0 Å². The summed E-state index contributed by atoms with van der Waals surface area (Å²) >= 11 is 5.10. The maximum atomic E-state index is 12.7. The Morgan fingerprint density at radius 3 is 2.26 bits per heavy atom. The van der Waals surface area contributed by atoms with Gasteiger partial charge in [0.1, 0.15) is 0 Å². The fourth-order valence-corrected chi connectivity index (χ4v) is 3.84. The number of non-ortho nitro benzene ring substituents is 1. The molecule has 35 heavy (non-hydrogen) atoms. The molecule has 0 radical (unpaired) electrons. The van der Waals surface area contributed by atoms with Gasteiger partial charge in [0.25, 0.3) is 21.6 Å². The molecule has 3 N–H and O–H groups in total. The van der Waals surface area contributed by atoms with E-state index in [0.29, 0.717) is 5.69 Å². The molecule has 182 valence electrons. The zero-order valence-corrected chi connectivity index (χ0v) is 19.8. The topological polar surface area (TPSA) is 175 Å². The number of ether oxygens (including phenoxy) is 2. The van der Waals surface area contributed by atoms with E-state index in [2.05, 4.69) is 25.3 Å². The van der Waals surface area contributed by atoms with E-state index in [-0.39, 0.29) is 39.0 Å². The molecule has 0 bridgehead atoms. The van der Waals surface area contributed by atoms with Crippen LogP contribution in [0.1, 0.15) is 10.4 Å². The number of carbonyl (C=O) groups excluding carboxylic acids is 1. The van der Waals surface area contributed by atoms with Crippen LogP contribution in [0.3, 0.4) is 0 Å². The van der Waals surface area contributed by atoms with Crippen LogP contribution in [0.15, 0.2) is 59.5 Å². The van der Waals surface area contributed by atoms with Crippen molar-refractivity contribution in [1.82, 2.24) is 15.3 Å². The van der Waals surface area contributed by atoms with Crippen LogP contribution >= 0.6 is 12.2 Å². The van der Waals surface area contributed by atoms with Crippen LogP contribution in [-0.2, 0) is 10.0 Å². The number of hydrogen-bond acceptors (Lipinski definition) is 10. The first kappa shape index (κ1) is 25.3. The second kappa shape index (κ2) is 10.7. The second-order valence-electron chi connectivity index (χ2n) is 6.62. The highest BCUT2D eigenvalue weighted by Crippen LogP contribution is 2.21. The zero-order chi connectivity index (χ0) is 25.6. The third kappa shape index (κ3) is 6.58. The van der Waals surface area contributed by atoms with E-state index in [4.69, 9.17) is 21.7 Å². The van der Waals surface area contributed by atoms with Gasteiger partial charge in [-0.25, -0.2) is 8.42 Å². The van der Waals surface area contributed by atoms with Gasteiger partial charge in [0.2, 0.25) is 5.88 Å². The molecule has 0 unspecified atom stereocenters. The van der Waals surface area contributed by atoms with Crippen molar-refractivity contribution in [3.63, 3.8) is 0 Å². The van der Waals surface area contributed by atoms with Crippen molar-refractivity contribution in [2.75, 3.05) is 24.3 Å². The lowest BCUT2D eigenvalue weighted by molar-refractivity contribution is -0.384. The molecule has 1 amide bonds. The largest absolute Gasteiger partial charge is 0.481 e. The molecule has 0 atom stereocenters. The highest BCUT2D eigenvalue weighted by atomic mass is 32.2. The van der Waals surface area contributed by atoms with Crippen LogP contribution < -0.4 is 24.8 Å². The van der Waals surface area contributed by atoms with Gasteiger partial charge in [-0.1, -0.05) is 0 Å². The third-order valence-electron chi connectivity index (χ3n) is 4.30. The SMILES string of the molecule is COc1cc(NS(=O)(=O)c2ccc(NC(=S)NC(=O)c3ccc([N+](=O)[O-])cc3)cc2)nc(OC)n1. The average molecular weight is 519 g/mol. The normalized spacial score (nSPS) is 10.7. The van der Waals surface area contributed by atoms with Crippen molar-refractivity contribution in [2.45, 2.75) is 4.90 Å². The maximum Gasteiger partial charge on any atom is 0.321 e. The molecule has 3 rings (SSSR count). The molecule has 2 aromatic carbocycles. The van der Waals surface area contributed by atoms with Crippen LogP contribution in [-0.4, -0.2) is 48.5 Å². The molecule has 0 aliphatic rings. The Morgan fingerprint density at radius 1 is 1.03 bits per heavy atom. The molecule has 1 aromatic heterocycles. The Labute approximate surface area is 204 Å². The Bertz CT molecular complexity index is 1340. The van der Waals surface area contributed by atoms with E-state index < -0.39 is 20.9 Å². The van der Waals surface area contributed by atoms with Gasteiger partial charge in [-0.05, 0) is 48.6 Å².